The summed E-state index contributed by atoms with van der Waals surface area (Å²) in [6.07, 6.45) is 4.68. The lowest BCUT2D eigenvalue weighted by atomic mass is 10.2. The van der Waals surface area contributed by atoms with Gasteiger partial charge in [-0.1, -0.05) is 12.1 Å². The van der Waals surface area contributed by atoms with Crippen molar-refractivity contribution in [1.29, 1.82) is 0 Å². The van der Waals surface area contributed by atoms with Gasteiger partial charge in [-0.15, -0.1) is 0 Å². The molecule has 2 heterocycles. The largest absolute Gasteiger partial charge is 0.364 e. The second-order valence-electron chi connectivity index (χ2n) is 4.19. The summed E-state index contributed by atoms with van der Waals surface area (Å²) in [4.78, 5) is 7.84. The van der Waals surface area contributed by atoms with Gasteiger partial charge in [-0.2, -0.15) is 5.10 Å². The minimum absolute atomic E-state index is 0.257. The number of pyridine rings is 1. The zero-order valence-electron chi connectivity index (χ0n) is 10.6. The molecule has 0 atom stereocenters. The first-order valence-electron chi connectivity index (χ1n) is 6.11. The van der Waals surface area contributed by atoms with Crippen LogP contribution < -0.4 is 5.32 Å². The Balaban J connectivity index is 1.68. The maximum atomic E-state index is 13.4. The molecule has 0 radical (unpaired) electrons. The Morgan fingerprint density at radius 1 is 1.15 bits per heavy atom. The highest BCUT2D eigenvalue weighted by molar-refractivity contribution is 5.38. The van der Waals surface area contributed by atoms with E-state index in [1.165, 1.54) is 12.4 Å². The van der Waals surface area contributed by atoms with Crippen LogP contribution in [-0.2, 0) is 6.54 Å². The van der Waals surface area contributed by atoms with E-state index in [0.29, 0.717) is 6.54 Å². The van der Waals surface area contributed by atoms with Crippen LogP contribution in [-0.4, -0.2) is 19.7 Å². The standard InChI is InChI=1S/C14H12FN5/c15-13-2-1-7-17-14(13)18-8-11-3-5-12(6-4-11)20-10-16-9-19-20/h1-7,9-10H,8H2,(H,17,18). The summed E-state index contributed by atoms with van der Waals surface area (Å²) in [5, 5.41) is 7.01. The van der Waals surface area contributed by atoms with Crippen LogP contribution in [0.3, 0.4) is 0 Å². The molecule has 0 aliphatic rings. The van der Waals surface area contributed by atoms with Crippen molar-refractivity contribution in [1.82, 2.24) is 19.7 Å². The van der Waals surface area contributed by atoms with Crippen LogP contribution >= 0.6 is 0 Å². The van der Waals surface area contributed by atoms with Gasteiger partial charge in [0.15, 0.2) is 11.6 Å². The molecule has 3 aromatic rings. The molecule has 0 saturated heterocycles. The van der Waals surface area contributed by atoms with Gasteiger partial charge in [0.05, 0.1) is 5.69 Å². The van der Waals surface area contributed by atoms with Gasteiger partial charge < -0.3 is 5.32 Å². The van der Waals surface area contributed by atoms with Gasteiger partial charge in [-0.3, -0.25) is 0 Å². The van der Waals surface area contributed by atoms with E-state index in [1.807, 2.05) is 24.3 Å². The topological polar surface area (TPSA) is 55.6 Å². The summed E-state index contributed by atoms with van der Waals surface area (Å²) in [5.41, 5.74) is 1.95. The molecule has 0 bridgehead atoms. The van der Waals surface area contributed by atoms with Crippen molar-refractivity contribution in [2.45, 2.75) is 6.54 Å². The van der Waals surface area contributed by atoms with Crippen LogP contribution in [0.5, 0.6) is 0 Å². The minimum atomic E-state index is -0.355. The molecule has 0 saturated carbocycles. The van der Waals surface area contributed by atoms with E-state index < -0.39 is 0 Å². The third kappa shape index (κ3) is 2.64. The Bertz CT molecular complexity index is 679. The Morgan fingerprint density at radius 2 is 2.00 bits per heavy atom. The monoisotopic (exact) mass is 269 g/mol. The van der Waals surface area contributed by atoms with Gasteiger partial charge in [0.2, 0.25) is 0 Å². The number of hydrogen-bond acceptors (Lipinski definition) is 4. The molecule has 0 aliphatic carbocycles. The van der Waals surface area contributed by atoms with E-state index in [0.717, 1.165) is 11.3 Å². The Labute approximate surface area is 115 Å². The smallest absolute Gasteiger partial charge is 0.165 e. The van der Waals surface area contributed by atoms with Gasteiger partial charge in [0.1, 0.15) is 12.7 Å². The van der Waals surface area contributed by atoms with Crippen LogP contribution in [0.15, 0.2) is 55.2 Å². The third-order valence-corrected chi connectivity index (χ3v) is 2.84. The molecular weight excluding hydrogens is 257 g/mol. The van der Waals surface area contributed by atoms with Crippen molar-refractivity contribution in [3.63, 3.8) is 0 Å². The lowest BCUT2D eigenvalue weighted by Gasteiger charge is -2.07. The first-order valence-corrected chi connectivity index (χ1v) is 6.11. The van der Waals surface area contributed by atoms with Crippen LogP contribution in [0, 0.1) is 5.82 Å². The minimum Gasteiger partial charge on any atom is -0.364 e. The number of hydrogen-bond donors (Lipinski definition) is 1. The van der Waals surface area contributed by atoms with E-state index >= 15 is 0 Å². The van der Waals surface area contributed by atoms with Crippen molar-refractivity contribution in [3.05, 3.63) is 66.6 Å². The normalized spacial score (nSPS) is 10.4. The number of nitrogens with zero attached hydrogens (tertiary/aromatic N) is 4. The van der Waals surface area contributed by atoms with Crippen molar-refractivity contribution < 1.29 is 4.39 Å². The molecule has 100 valence electrons. The highest BCUT2D eigenvalue weighted by atomic mass is 19.1. The van der Waals surface area contributed by atoms with Crippen LogP contribution in [0.2, 0.25) is 0 Å². The van der Waals surface area contributed by atoms with E-state index in [4.69, 9.17) is 0 Å². The molecule has 0 spiro atoms. The highest BCUT2D eigenvalue weighted by Gasteiger charge is 2.02. The Hall–Kier alpha value is -2.76. The predicted octanol–water partition coefficient (Wildman–Crippen LogP) is 2.41. The summed E-state index contributed by atoms with van der Waals surface area (Å²) in [6.45, 7) is 0.506. The first kappa shape index (κ1) is 12.3. The number of nitrogens with one attached hydrogen (secondary N) is 1. The van der Waals surface area contributed by atoms with E-state index in [9.17, 15) is 4.39 Å². The van der Waals surface area contributed by atoms with Crippen molar-refractivity contribution in [3.8, 4) is 5.69 Å². The second kappa shape index (κ2) is 5.48. The highest BCUT2D eigenvalue weighted by Crippen LogP contribution is 2.12. The summed E-state index contributed by atoms with van der Waals surface area (Å²) < 4.78 is 15.1. The van der Waals surface area contributed by atoms with Gasteiger partial charge in [-0.05, 0) is 29.8 Å². The van der Waals surface area contributed by atoms with Gasteiger partial charge in [0, 0.05) is 12.7 Å². The number of aromatic nitrogens is 4. The number of halogens is 1. The number of rotatable bonds is 4. The van der Waals surface area contributed by atoms with Crippen molar-refractivity contribution >= 4 is 5.82 Å². The maximum absolute atomic E-state index is 13.4. The van der Waals surface area contributed by atoms with Gasteiger partial charge >= 0.3 is 0 Å². The molecule has 6 heteroatoms. The lowest BCUT2D eigenvalue weighted by Crippen LogP contribution is -2.03. The lowest BCUT2D eigenvalue weighted by molar-refractivity contribution is 0.624. The molecule has 20 heavy (non-hydrogen) atoms. The fourth-order valence-electron chi connectivity index (χ4n) is 1.81. The molecule has 3 rings (SSSR count). The number of anilines is 1. The maximum Gasteiger partial charge on any atom is 0.165 e. The van der Waals surface area contributed by atoms with Crippen LogP contribution in [0.1, 0.15) is 5.56 Å². The molecule has 2 aromatic heterocycles. The van der Waals surface area contributed by atoms with Crippen molar-refractivity contribution in [2.75, 3.05) is 5.32 Å². The van der Waals surface area contributed by atoms with Gasteiger partial charge in [0.25, 0.3) is 0 Å². The molecule has 1 aromatic carbocycles. The van der Waals surface area contributed by atoms with E-state index in [2.05, 4.69) is 20.4 Å². The summed E-state index contributed by atoms with van der Waals surface area (Å²) in [6, 6.07) is 10.7. The van der Waals surface area contributed by atoms with Crippen molar-refractivity contribution in [2.24, 2.45) is 0 Å². The predicted molar refractivity (Wildman–Crippen MR) is 72.9 cm³/mol. The summed E-state index contributed by atoms with van der Waals surface area (Å²) in [5.74, 6) is -0.0976. The second-order valence-corrected chi connectivity index (χ2v) is 4.19. The fraction of sp³-hybridized carbons (Fsp3) is 0.0714. The molecule has 0 aliphatic heterocycles. The van der Waals surface area contributed by atoms with E-state index in [-0.39, 0.29) is 11.6 Å². The third-order valence-electron chi connectivity index (χ3n) is 2.84. The first-order chi connectivity index (χ1) is 9.83. The van der Waals surface area contributed by atoms with E-state index in [1.54, 1.807) is 23.3 Å². The molecule has 1 N–H and O–H groups in total. The zero-order valence-corrected chi connectivity index (χ0v) is 10.6. The average molecular weight is 269 g/mol. The molecule has 5 nitrogen and oxygen atoms in total. The van der Waals surface area contributed by atoms with Crippen LogP contribution in [0.25, 0.3) is 5.69 Å². The fourth-order valence-corrected chi connectivity index (χ4v) is 1.81. The summed E-state index contributed by atoms with van der Waals surface area (Å²) >= 11 is 0. The number of benzene rings is 1. The molecule has 0 fully saturated rings. The SMILES string of the molecule is Fc1cccnc1NCc1ccc(-n2cncn2)cc1. The Morgan fingerprint density at radius 3 is 2.70 bits per heavy atom. The molecule has 0 amide bonds. The van der Waals surface area contributed by atoms with Gasteiger partial charge in [-0.25, -0.2) is 19.0 Å². The Kier molecular flexibility index (Phi) is 3.36. The molecular formula is C14H12FN5. The quantitative estimate of drug-likeness (QED) is 0.790. The molecule has 0 unspecified atom stereocenters. The average Bonchev–Trinajstić information content (AvgIpc) is 3.01. The summed E-state index contributed by atoms with van der Waals surface area (Å²) in [7, 11) is 0. The zero-order chi connectivity index (χ0) is 13.8. The van der Waals surface area contributed by atoms with Crippen LogP contribution in [0.4, 0.5) is 10.2 Å².